The van der Waals surface area contributed by atoms with Crippen molar-refractivity contribution in [1.82, 2.24) is 15.4 Å². The molecule has 0 saturated carbocycles. The van der Waals surface area contributed by atoms with Crippen LogP contribution in [0.15, 0.2) is 95.9 Å². The molecule has 2 atom stereocenters. The van der Waals surface area contributed by atoms with E-state index in [1.165, 1.54) is 29.8 Å². The zero-order valence-corrected chi connectivity index (χ0v) is 25.6. The predicted octanol–water partition coefficient (Wildman–Crippen LogP) is 5.15. The van der Waals surface area contributed by atoms with Crippen LogP contribution < -0.4 is 15.4 Å². The first-order chi connectivity index (χ1) is 21.0. The van der Waals surface area contributed by atoms with E-state index in [4.69, 9.17) is 11.6 Å². The summed E-state index contributed by atoms with van der Waals surface area (Å²) >= 11 is 5.88. The normalized spacial score (nSPS) is 12.9. The Bertz CT molecular complexity index is 1650. The summed E-state index contributed by atoms with van der Waals surface area (Å²) < 4.78 is 55.9. The van der Waals surface area contributed by atoms with E-state index in [1.54, 1.807) is 24.3 Å². The fraction of sp³-hybridized carbons (Fsp3) is 0.242. The number of nitrogens with one attached hydrogen (secondary N) is 3. The number of hydrogen-bond acceptors (Lipinski definition) is 5. The van der Waals surface area contributed by atoms with Gasteiger partial charge in [0.2, 0.25) is 10.0 Å². The Morgan fingerprint density at radius 2 is 1.50 bits per heavy atom. The van der Waals surface area contributed by atoms with Crippen LogP contribution in [-0.2, 0) is 36.0 Å². The fourth-order valence-electron chi connectivity index (χ4n) is 4.63. The third kappa shape index (κ3) is 9.67. The van der Waals surface area contributed by atoms with Gasteiger partial charge in [-0.2, -0.15) is 0 Å². The quantitative estimate of drug-likeness (QED) is 0.152. The Balaban J connectivity index is 1.43. The number of halogens is 3. The molecule has 0 unspecified atom stereocenters. The zero-order valence-electron chi connectivity index (χ0n) is 24.1. The van der Waals surface area contributed by atoms with Gasteiger partial charge in [0, 0.05) is 36.3 Å². The predicted molar refractivity (Wildman–Crippen MR) is 167 cm³/mol. The van der Waals surface area contributed by atoms with E-state index >= 15 is 0 Å². The van der Waals surface area contributed by atoms with Gasteiger partial charge < -0.3 is 15.7 Å². The van der Waals surface area contributed by atoms with Gasteiger partial charge in [0.25, 0.3) is 5.91 Å². The minimum atomic E-state index is -3.87. The van der Waals surface area contributed by atoms with Crippen LogP contribution in [0, 0.1) is 11.6 Å². The first-order valence-electron chi connectivity index (χ1n) is 14.1. The lowest BCUT2D eigenvalue weighted by Crippen LogP contribution is -2.48. The summed E-state index contributed by atoms with van der Waals surface area (Å²) in [5.74, 6) is -2.12. The van der Waals surface area contributed by atoms with E-state index in [0.717, 1.165) is 35.7 Å². The molecule has 0 saturated heterocycles. The monoisotopic (exact) mass is 641 g/mol. The molecule has 4 aromatic rings. The Labute approximate surface area is 261 Å². The number of aryl methyl sites for hydroxylation is 1. The van der Waals surface area contributed by atoms with Gasteiger partial charge in [0.15, 0.2) is 0 Å². The van der Waals surface area contributed by atoms with Crippen molar-refractivity contribution < 1.29 is 27.1 Å². The summed E-state index contributed by atoms with van der Waals surface area (Å²) in [6.45, 7) is 2.68. The van der Waals surface area contributed by atoms with Crippen LogP contribution in [0.5, 0.6) is 0 Å². The van der Waals surface area contributed by atoms with Crippen LogP contribution >= 0.6 is 11.6 Å². The van der Waals surface area contributed by atoms with Crippen LogP contribution in [0.3, 0.4) is 0 Å². The second-order valence-corrected chi connectivity index (χ2v) is 12.6. The first kappa shape index (κ1) is 33.2. The highest BCUT2D eigenvalue weighted by molar-refractivity contribution is 7.89. The van der Waals surface area contributed by atoms with Gasteiger partial charge >= 0.3 is 0 Å². The summed E-state index contributed by atoms with van der Waals surface area (Å²) in [5.41, 5.74) is 3.34. The zero-order chi connectivity index (χ0) is 31.7. The van der Waals surface area contributed by atoms with Crippen LogP contribution in [0.4, 0.5) is 8.78 Å². The molecule has 0 aliphatic carbocycles. The fourth-order valence-corrected chi connectivity index (χ4v) is 5.78. The molecule has 1 amide bonds. The van der Waals surface area contributed by atoms with Gasteiger partial charge in [0.1, 0.15) is 11.6 Å². The summed E-state index contributed by atoms with van der Waals surface area (Å²) in [6, 6.07) is 22.2. The van der Waals surface area contributed by atoms with Crippen molar-refractivity contribution in [1.29, 1.82) is 0 Å². The van der Waals surface area contributed by atoms with Crippen LogP contribution in [0.1, 0.15) is 39.5 Å². The molecular weight excluding hydrogens is 608 g/mol. The van der Waals surface area contributed by atoms with Crippen molar-refractivity contribution in [3.05, 3.63) is 135 Å². The Morgan fingerprint density at radius 1 is 0.841 bits per heavy atom. The number of amides is 1. The Morgan fingerprint density at radius 3 is 2.16 bits per heavy atom. The molecule has 0 aliphatic rings. The number of aliphatic hydroxyl groups is 1. The van der Waals surface area contributed by atoms with Crippen LogP contribution in [0.2, 0.25) is 5.02 Å². The molecule has 4 rings (SSSR count). The maximum Gasteiger partial charge on any atom is 0.251 e. The van der Waals surface area contributed by atoms with Crippen molar-refractivity contribution in [2.24, 2.45) is 0 Å². The highest BCUT2D eigenvalue weighted by Crippen LogP contribution is 2.16. The lowest BCUT2D eigenvalue weighted by molar-refractivity contribution is 0.0829. The topological polar surface area (TPSA) is 108 Å². The lowest BCUT2D eigenvalue weighted by Gasteiger charge is -2.25. The third-order valence-corrected chi connectivity index (χ3v) is 8.72. The average Bonchev–Trinajstić information content (AvgIpc) is 3.00. The van der Waals surface area contributed by atoms with Gasteiger partial charge in [-0.25, -0.2) is 21.9 Å². The highest BCUT2D eigenvalue weighted by atomic mass is 35.5. The van der Waals surface area contributed by atoms with Crippen molar-refractivity contribution >= 4 is 27.5 Å². The highest BCUT2D eigenvalue weighted by Gasteiger charge is 2.24. The smallest absolute Gasteiger partial charge is 0.251 e. The minimum absolute atomic E-state index is 0.0359. The second-order valence-electron chi connectivity index (χ2n) is 10.4. The number of carbonyl (C=O) groups is 1. The SMILES string of the molecule is CCc1cccc(CNC[C@@H](O)[C@H](Cc2cc(F)cc(F)c2)NC(=O)c2ccc(S(=O)(=O)NCc3ccc(Cl)cc3)cc2)c1. The summed E-state index contributed by atoms with van der Waals surface area (Å²) in [6.07, 6.45) is -0.270. The maximum absolute atomic E-state index is 13.9. The molecule has 0 spiro atoms. The molecule has 0 radical (unpaired) electrons. The number of hydrogen-bond donors (Lipinski definition) is 4. The Kier molecular flexibility index (Phi) is 11.6. The molecule has 0 aliphatic heterocycles. The molecule has 0 aromatic heterocycles. The maximum atomic E-state index is 13.9. The Hall–Kier alpha value is -3.67. The number of carbonyl (C=O) groups excluding carboxylic acids is 1. The molecule has 0 fully saturated rings. The second kappa shape index (κ2) is 15.4. The number of rotatable bonds is 14. The molecule has 7 nitrogen and oxygen atoms in total. The molecule has 4 aromatic carbocycles. The molecule has 0 bridgehead atoms. The summed E-state index contributed by atoms with van der Waals surface area (Å²) in [5, 5.41) is 17.5. The van der Waals surface area contributed by atoms with E-state index in [-0.39, 0.29) is 35.5 Å². The first-order valence-corrected chi connectivity index (χ1v) is 15.9. The lowest BCUT2D eigenvalue weighted by atomic mass is 10.00. The molecule has 11 heteroatoms. The molecule has 0 heterocycles. The average molecular weight is 642 g/mol. The number of aliphatic hydroxyl groups excluding tert-OH is 1. The number of sulfonamides is 1. The van der Waals surface area contributed by atoms with Crippen molar-refractivity contribution in [3.63, 3.8) is 0 Å². The molecule has 44 heavy (non-hydrogen) atoms. The van der Waals surface area contributed by atoms with E-state index in [1.807, 2.05) is 18.2 Å². The number of benzene rings is 4. The van der Waals surface area contributed by atoms with E-state index in [0.29, 0.717) is 11.6 Å². The standard InChI is InChI=1S/C33H34ClF2N3O4S/c1-2-22-4-3-5-24(14-22)19-37-21-32(40)31(17-25-15-28(35)18-29(36)16-25)39-33(41)26-8-12-30(13-9-26)44(42,43)38-20-23-6-10-27(34)11-7-23/h3-16,18,31-32,37-38,40H,2,17,19-21H2,1H3,(H,39,41)/t31-,32+/m0/s1. The largest absolute Gasteiger partial charge is 0.390 e. The summed E-state index contributed by atoms with van der Waals surface area (Å²) in [7, 11) is -3.87. The molecular formula is C33H34ClF2N3O4S. The minimum Gasteiger partial charge on any atom is -0.390 e. The van der Waals surface area contributed by atoms with Gasteiger partial charge in [-0.3, -0.25) is 4.79 Å². The van der Waals surface area contributed by atoms with E-state index < -0.39 is 39.7 Å². The third-order valence-electron chi connectivity index (χ3n) is 7.05. The van der Waals surface area contributed by atoms with E-state index in [2.05, 4.69) is 28.3 Å². The van der Waals surface area contributed by atoms with E-state index in [9.17, 15) is 27.1 Å². The van der Waals surface area contributed by atoms with Gasteiger partial charge in [-0.05, 0) is 83.6 Å². The van der Waals surface area contributed by atoms with Crippen LogP contribution in [-0.4, -0.2) is 38.1 Å². The van der Waals surface area contributed by atoms with Gasteiger partial charge in [-0.15, -0.1) is 0 Å². The summed E-state index contributed by atoms with van der Waals surface area (Å²) in [4.78, 5) is 13.1. The van der Waals surface area contributed by atoms with Crippen molar-refractivity contribution in [2.75, 3.05) is 6.54 Å². The molecule has 232 valence electrons. The van der Waals surface area contributed by atoms with Crippen molar-refractivity contribution in [3.8, 4) is 0 Å². The van der Waals surface area contributed by atoms with Gasteiger partial charge in [-0.1, -0.05) is 54.9 Å². The molecule has 4 N–H and O–H groups in total. The van der Waals surface area contributed by atoms with Crippen molar-refractivity contribution in [2.45, 2.75) is 49.9 Å². The van der Waals surface area contributed by atoms with Gasteiger partial charge in [0.05, 0.1) is 17.0 Å². The van der Waals surface area contributed by atoms with Crippen LogP contribution in [0.25, 0.3) is 0 Å².